The van der Waals surface area contributed by atoms with Gasteiger partial charge in [0.15, 0.2) is 11.5 Å². The Morgan fingerprint density at radius 1 is 1.00 bits per heavy atom. The fraction of sp³-hybridized carbons (Fsp3) is 0.192. The number of carbonyl (C=O) groups excluding carboxylic acids is 2. The van der Waals surface area contributed by atoms with Crippen molar-refractivity contribution in [2.75, 3.05) is 31.6 Å². The maximum Gasteiger partial charge on any atom is 0.255 e. The van der Waals surface area contributed by atoms with Crippen molar-refractivity contribution in [3.8, 4) is 17.6 Å². The van der Waals surface area contributed by atoms with Gasteiger partial charge in [-0.15, -0.1) is 0 Å². The van der Waals surface area contributed by atoms with E-state index in [0.29, 0.717) is 48.1 Å². The molecule has 0 unspecified atom stereocenters. The summed E-state index contributed by atoms with van der Waals surface area (Å²) in [6, 6.07) is 21.8. The van der Waals surface area contributed by atoms with E-state index in [0.717, 1.165) is 9.79 Å². The summed E-state index contributed by atoms with van der Waals surface area (Å²) >= 11 is 1.36. The maximum atomic E-state index is 13.4. The van der Waals surface area contributed by atoms with Crippen LogP contribution >= 0.6 is 11.8 Å². The minimum absolute atomic E-state index is 0.0996. The van der Waals surface area contributed by atoms with E-state index in [1.807, 2.05) is 31.2 Å². The highest BCUT2D eigenvalue weighted by atomic mass is 32.2. The van der Waals surface area contributed by atoms with Crippen molar-refractivity contribution in [1.82, 2.24) is 4.90 Å². The van der Waals surface area contributed by atoms with Gasteiger partial charge in [0.2, 0.25) is 5.91 Å². The molecule has 3 aromatic carbocycles. The lowest BCUT2D eigenvalue weighted by atomic mass is 10.2. The zero-order valence-corrected chi connectivity index (χ0v) is 19.4. The average molecular weight is 474 g/mol. The number of nitrogens with one attached hydrogen (secondary N) is 1. The number of fused-ring (bicyclic) bond motifs is 1. The first kappa shape index (κ1) is 23.2. The van der Waals surface area contributed by atoms with Gasteiger partial charge in [0, 0.05) is 28.1 Å². The number of ether oxygens (including phenoxy) is 2. The molecule has 1 heterocycles. The molecule has 0 aromatic heterocycles. The zero-order chi connectivity index (χ0) is 23.9. The first-order valence-electron chi connectivity index (χ1n) is 10.8. The fourth-order valence-electron chi connectivity index (χ4n) is 3.49. The van der Waals surface area contributed by atoms with Crippen molar-refractivity contribution in [1.29, 1.82) is 5.26 Å². The lowest BCUT2D eigenvalue weighted by Gasteiger charge is -2.22. The normalized spacial score (nSPS) is 11.9. The number of nitrogens with zero attached hydrogens (tertiary/aromatic N) is 2. The van der Waals surface area contributed by atoms with Crippen LogP contribution in [0.5, 0.6) is 11.5 Å². The number of rotatable bonds is 7. The minimum atomic E-state index is -0.313. The highest BCUT2D eigenvalue weighted by molar-refractivity contribution is 7.99. The van der Waals surface area contributed by atoms with Crippen molar-refractivity contribution in [3.05, 3.63) is 77.9 Å². The molecular weight excluding hydrogens is 450 g/mol. The molecule has 8 heteroatoms. The van der Waals surface area contributed by atoms with Gasteiger partial charge in [-0.2, -0.15) is 5.26 Å². The van der Waals surface area contributed by atoms with E-state index in [2.05, 4.69) is 11.4 Å². The average Bonchev–Trinajstić information content (AvgIpc) is 2.87. The van der Waals surface area contributed by atoms with E-state index >= 15 is 0 Å². The minimum Gasteiger partial charge on any atom is -0.486 e. The lowest BCUT2D eigenvalue weighted by molar-refractivity contribution is -0.116. The molecule has 7 nitrogen and oxygen atoms in total. The highest BCUT2D eigenvalue weighted by Crippen LogP contribution is 2.34. The summed E-state index contributed by atoms with van der Waals surface area (Å²) in [6.07, 6.45) is 0. The van der Waals surface area contributed by atoms with Gasteiger partial charge in [-0.05, 0) is 43.3 Å². The Balaban J connectivity index is 1.47. The van der Waals surface area contributed by atoms with Gasteiger partial charge in [0.25, 0.3) is 5.91 Å². The molecule has 0 bridgehead atoms. The molecule has 0 spiro atoms. The largest absolute Gasteiger partial charge is 0.486 e. The van der Waals surface area contributed by atoms with E-state index in [4.69, 9.17) is 9.47 Å². The number of nitriles is 1. The molecule has 3 aromatic rings. The quantitative estimate of drug-likeness (QED) is 0.540. The van der Waals surface area contributed by atoms with E-state index in [-0.39, 0.29) is 18.4 Å². The number of amides is 2. The molecule has 0 atom stereocenters. The predicted molar refractivity (Wildman–Crippen MR) is 129 cm³/mol. The molecule has 172 valence electrons. The summed E-state index contributed by atoms with van der Waals surface area (Å²) in [7, 11) is 0. The van der Waals surface area contributed by atoms with Gasteiger partial charge < -0.3 is 19.7 Å². The number of hydrogen-bond acceptors (Lipinski definition) is 6. The first-order valence-corrected chi connectivity index (χ1v) is 11.7. The Bertz CT molecular complexity index is 1250. The molecule has 4 rings (SSSR count). The van der Waals surface area contributed by atoms with Crippen molar-refractivity contribution in [2.45, 2.75) is 16.7 Å². The maximum absolute atomic E-state index is 13.4. The van der Waals surface area contributed by atoms with Crippen LogP contribution in [0.2, 0.25) is 0 Å². The van der Waals surface area contributed by atoms with Crippen LogP contribution in [-0.4, -0.2) is 43.0 Å². The Labute approximate surface area is 202 Å². The second-order valence-electron chi connectivity index (χ2n) is 7.43. The summed E-state index contributed by atoms with van der Waals surface area (Å²) < 4.78 is 11.1. The molecular formula is C26H23N3O4S. The Morgan fingerprint density at radius 3 is 2.47 bits per heavy atom. The third kappa shape index (κ3) is 5.33. The van der Waals surface area contributed by atoms with E-state index in [1.54, 1.807) is 42.5 Å². The van der Waals surface area contributed by atoms with Crippen LogP contribution < -0.4 is 14.8 Å². The molecule has 1 aliphatic rings. The van der Waals surface area contributed by atoms with E-state index in [1.165, 1.54) is 16.7 Å². The fourth-order valence-corrected chi connectivity index (χ4v) is 4.51. The van der Waals surface area contributed by atoms with Gasteiger partial charge in [0.05, 0.1) is 11.1 Å². The lowest BCUT2D eigenvalue weighted by Crippen LogP contribution is -2.38. The summed E-state index contributed by atoms with van der Waals surface area (Å²) in [5.41, 5.74) is 1.59. The predicted octanol–water partition coefficient (Wildman–Crippen LogP) is 4.58. The van der Waals surface area contributed by atoms with Gasteiger partial charge in [0.1, 0.15) is 25.8 Å². The van der Waals surface area contributed by atoms with Gasteiger partial charge in [-0.25, -0.2) is 0 Å². The number of benzene rings is 3. The second kappa shape index (κ2) is 10.8. The van der Waals surface area contributed by atoms with Crippen LogP contribution in [0.3, 0.4) is 0 Å². The van der Waals surface area contributed by atoms with Crippen LogP contribution in [-0.2, 0) is 4.79 Å². The monoisotopic (exact) mass is 473 g/mol. The third-order valence-electron chi connectivity index (χ3n) is 5.17. The molecule has 1 N–H and O–H groups in total. The Hall–Kier alpha value is -3.96. The van der Waals surface area contributed by atoms with Crippen LogP contribution in [0.15, 0.2) is 76.5 Å². The number of likely N-dealkylation sites (N-methyl/N-ethyl adjacent to an activating group) is 1. The molecule has 0 radical (unpaired) electrons. The third-order valence-corrected chi connectivity index (χ3v) is 6.33. The number of anilines is 1. The van der Waals surface area contributed by atoms with Crippen LogP contribution in [0.1, 0.15) is 22.8 Å². The summed E-state index contributed by atoms with van der Waals surface area (Å²) in [6.45, 7) is 3.04. The van der Waals surface area contributed by atoms with Crippen LogP contribution in [0.4, 0.5) is 5.69 Å². The molecule has 34 heavy (non-hydrogen) atoms. The zero-order valence-electron chi connectivity index (χ0n) is 18.6. The molecule has 0 saturated carbocycles. The van der Waals surface area contributed by atoms with Crippen LogP contribution in [0, 0.1) is 11.3 Å². The molecule has 0 saturated heterocycles. The molecule has 2 amide bonds. The van der Waals surface area contributed by atoms with Crippen molar-refractivity contribution < 1.29 is 19.1 Å². The summed E-state index contributed by atoms with van der Waals surface area (Å²) in [5.74, 6) is 0.655. The highest BCUT2D eigenvalue weighted by Gasteiger charge is 2.21. The number of hydrogen-bond donors (Lipinski definition) is 1. The molecule has 0 fully saturated rings. The first-order chi connectivity index (χ1) is 16.6. The van der Waals surface area contributed by atoms with E-state index in [9.17, 15) is 14.9 Å². The van der Waals surface area contributed by atoms with Crippen molar-refractivity contribution in [2.24, 2.45) is 0 Å². The van der Waals surface area contributed by atoms with E-state index < -0.39 is 0 Å². The van der Waals surface area contributed by atoms with Crippen molar-refractivity contribution in [3.63, 3.8) is 0 Å². The topological polar surface area (TPSA) is 91.7 Å². The SMILES string of the molecule is CCN(CC(=O)Nc1ccc2c(c1)OCCO2)C(=O)c1ccccc1Sc1ccccc1C#N. The standard InChI is InChI=1S/C26H23N3O4S/c1-2-29(17-25(30)28-19-11-12-21-22(15-19)33-14-13-32-21)26(31)20-8-4-6-10-24(20)34-23-9-5-3-7-18(23)16-27/h3-12,15H,2,13-14,17H2,1H3,(H,28,30). The summed E-state index contributed by atoms with van der Waals surface area (Å²) in [4.78, 5) is 29.1. The van der Waals surface area contributed by atoms with Gasteiger partial charge in [-0.3, -0.25) is 9.59 Å². The summed E-state index contributed by atoms with van der Waals surface area (Å²) in [5, 5.41) is 12.2. The van der Waals surface area contributed by atoms with Crippen molar-refractivity contribution >= 4 is 29.3 Å². The van der Waals surface area contributed by atoms with Gasteiger partial charge in [-0.1, -0.05) is 36.0 Å². The molecule has 1 aliphatic heterocycles. The van der Waals surface area contributed by atoms with Gasteiger partial charge >= 0.3 is 0 Å². The second-order valence-corrected chi connectivity index (χ2v) is 8.52. The number of carbonyl (C=O) groups is 2. The Kier molecular flexibility index (Phi) is 7.35. The Morgan fingerprint density at radius 2 is 1.71 bits per heavy atom. The van der Waals surface area contributed by atoms with Crippen LogP contribution in [0.25, 0.3) is 0 Å². The molecule has 0 aliphatic carbocycles. The smallest absolute Gasteiger partial charge is 0.255 e.